The second kappa shape index (κ2) is 6.32. The molecule has 1 N–H and O–H groups in total. The zero-order valence-electron chi connectivity index (χ0n) is 12.1. The van der Waals surface area contributed by atoms with Gasteiger partial charge in [-0.25, -0.2) is 4.98 Å². The van der Waals surface area contributed by atoms with Gasteiger partial charge in [-0.2, -0.15) is 0 Å². The Hall–Kier alpha value is -2.14. The number of H-pyrrole nitrogens is 1. The smallest absolute Gasteiger partial charge is 0.259 e. The first kappa shape index (κ1) is 14.8. The van der Waals surface area contributed by atoms with Crippen molar-refractivity contribution in [3.05, 3.63) is 57.3 Å². The molecule has 0 amide bonds. The zero-order chi connectivity index (χ0) is 15.5. The van der Waals surface area contributed by atoms with Gasteiger partial charge < -0.3 is 9.72 Å². The Balaban J connectivity index is 2.04. The summed E-state index contributed by atoms with van der Waals surface area (Å²) >= 11 is 3.50. The SMILES string of the molecule is CCCOc1ccc(-c2nc3ccccc3c(=O)[nH]2)cc1Br. The van der Waals surface area contributed by atoms with E-state index in [2.05, 4.69) is 32.8 Å². The number of aromatic nitrogens is 2. The minimum absolute atomic E-state index is 0.136. The van der Waals surface area contributed by atoms with Crippen LogP contribution < -0.4 is 10.3 Å². The number of para-hydroxylation sites is 1. The van der Waals surface area contributed by atoms with Crippen molar-refractivity contribution in [2.45, 2.75) is 13.3 Å². The molecule has 3 rings (SSSR count). The Morgan fingerprint density at radius 2 is 2.05 bits per heavy atom. The third-order valence-electron chi connectivity index (χ3n) is 3.28. The van der Waals surface area contributed by atoms with Crippen LogP contribution in [0.3, 0.4) is 0 Å². The molecule has 5 heteroatoms. The number of nitrogens with zero attached hydrogens (tertiary/aromatic N) is 1. The summed E-state index contributed by atoms with van der Waals surface area (Å²) in [7, 11) is 0. The number of aromatic amines is 1. The van der Waals surface area contributed by atoms with E-state index in [-0.39, 0.29) is 5.56 Å². The van der Waals surface area contributed by atoms with E-state index in [0.717, 1.165) is 22.2 Å². The standard InChI is InChI=1S/C17H15BrN2O2/c1-2-9-22-15-8-7-11(10-13(15)18)16-19-14-6-4-3-5-12(14)17(21)20-16/h3-8,10H,2,9H2,1H3,(H,19,20,21). The maximum absolute atomic E-state index is 12.1. The molecule has 0 fully saturated rings. The highest BCUT2D eigenvalue weighted by Crippen LogP contribution is 2.29. The normalized spacial score (nSPS) is 10.8. The molecule has 22 heavy (non-hydrogen) atoms. The van der Waals surface area contributed by atoms with E-state index in [1.165, 1.54) is 0 Å². The summed E-state index contributed by atoms with van der Waals surface area (Å²) in [6, 6.07) is 13.0. The minimum atomic E-state index is -0.136. The molecule has 0 spiro atoms. The molecule has 0 aliphatic carbocycles. The Morgan fingerprint density at radius 1 is 1.23 bits per heavy atom. The fourth-order valence-electron chi connectivity index (χ4n) is 2.20. The molecule has 0 radical (unpaired) electrons. The van der Waals surface area contributed by atoms with Crippen LogP contribution in [0.2, 0.25) is 0 Å². The number of hydrogen-bond donors (Lipinski definition) is 1. The number of nitrogens with one attached hydrogen (secondary N) is 1. The van der Waals surface area contributed by atoms with Crippen molar-refractivity contribution in [1.29, 1.82) is 0 Å². The van der Waals surface area contributed by atoms with Crippen molar-refractivity contribution in [3.63, 3.8) is 0 Å². The highest BCUT2D eigenvalue weighted by molar-refractivity contribution is 9.10. The average Bonchev–Trinajstić information content (AvgIpc) is 2.53. The molecule has 4 nitrogen and oxygen atoms in total. The fourth-order valence-corrected chi connectivity index (χ4v) is 2.69. The molecule has 2 aromatic carbocycles. The second-order valence-corrected chi connectivity index (χ2v) is 5.78. The molecule has 0 aliphatic rings. The highest BCUT2D eigenvalue weighted by Gasteiger charge is 2.08. The van der Waals surface area contributed by atoms with E-state index in [0.29, 0.717) is 23.3 Å². The Bertz CT molecular complexity index is 874. The number of halogens is 1. The first-order chi connectivity index (χ1) is 10.7. The molecular formula is C17H15BrN2O2. The lowest BCUT2D eigenvalue weighted by atomic mass is 10.2. The maximum Gasteiger partial charge on any atom is 0.259 e. The molecule has 3 aromatic rings. The van der Waals surface area contributed by atoms with Gasteiger partial charge in [0, 0.05) is 5.56 Å². The van der Waals surface area contributed by atoms with Crippen LogP contribution in [0.4, 0.5) is 0 Å². The van der Waals surface area contributed by atoms with Crippen molar-refractivity contribution < 1.29 is 4.74 Å². The molecule has 0 unspecified atom stereocenters. The molecule has 0 saturated carbocycles. The van der Waals surface area contributed by atoms with Crippen LogP contribution in [0, 0.1) is 0 Å². The van der Waals surface area contributed by atoms with Crippen LogP contribution in [0.1, 0.15) is 13.3 Å². The van der Waals surface area contributed by atoms with Crippen molar-refractivity contribution >= 4 is 26.8 Å². The predicted octanol–water partition coefficient (Wildman–Crippen LogP) is 4.14. The zero-order valence-corrected chi connectivity index (χ0v) is 13.7. The van der Waals surface area contributed by atoms with E-state index < -0.39 is 0 Å². The summed E-state index contributed by atoms with van der Waals surface area (Å²) in [5.74, 6) is 1.33. The minimum Gasteiger partial charge on any atom is -0.492 e. The second-order valence-electron chi connectivity index (χ2n) is 4.93. The van der Waals surface area contributed by atoms with Gasteiger partial charge in [-0.15, -0.1) is 0 Å². The molecule has 1 heterocycles. The first-order valence-corrected chi connectivity index (χ1v) is 7.90. The van der Waals surface area contributed by atoms with Crippen LogP contribution in [-0.4, -0.2) is 16.6 Å². The average molecular weight is 359 g/mol. The van der Waals surface area contributed by atoms with Crippen molar-refractivity contribution in [1.82, 2.24) is 9.97 Å². The van der Waals surface area contributed by atoms with Crippen LogP contribution in [0.15, 0.2) is 51.7 Å². The summed E-state index contributed by atoms with van der Waals surface area (Å²) in [5.41, 5.74) is 1.38. The fraction of sp³-hybridized carbons (Fsp3) is 0.176. The summed E-state index contributed by atoms with van der Waals surface area (Å²) in [4.78, 5) is 19.5. The van der Waals surface area contributed by atoms with E-state index in [1.807, 2.05) is 36.4 Å². The van der Waals surface area contributed by atoms with E-state index in [4.69, 9.17) is 4.74 Å². The lowest BCUT2D eigenvalue weighted by Crippen LogP contribution is -2.09. The molecule has 0 aliphatic heterocycles. The summed E-state index contributed by atoms with van der Waals surface area (Å²) in [5, 5.41) is 0.591. The van der Waals surface area contributed by atoms with Gasteiger partial charge in [0.05, 0.1) is 22.0 Å². The highest BCUT2D eigenvalue weighted by atomic mass is 79.9. The number of rotatable bonds is 4. The number of benzene rings is 2. The van der Waals surface area contributed by atoms with Gasteiger partial charge in [-0.05, 0) is 52.7 Å². The van der Waals surface area contributed by atoms with Gasteiger partial charge in [0.25, 0.3) is 5.56 Å². The Kier molecular flexibility index (Phi) is 4.24. The number of ether oxygens (including phenoxy) is 1. The summed E-state index contributed by atoms with van der Waals surface area (Å²) < 4.78 is 6.47. The quantitative estimate of drug-likeness (QED) is 0.762. The molecule has 1 aromatic heterocycles. The van der Waals surface area contributed by atoms with Crippen LogP contribution >= 0.6 is 15.9 Å². The summed E-state index contributed by atoms with van der Waals surface area (Å²) in [6.45, 7) is 2.73. The first-order valence-electron chi connectivity index (χ1n) is 7.11. The molecule has 0 bridgehead atoms. The third-order valence-corrected chi connectivity index (χ3v) is 3.90. The Labute approximate surface area is 136 Å². The van der Waals surface area contributed by atoms with Gasteiger partial charge in [0.2, 0.25) is 0 Å². The molecule has 0 saturated heterocycles. The van der Waals surface area contributed by atoms with Crippen LogP contribution in [-0.2, 0) is 0 Å². The van der Waals surface area contributed by atoms with E-state index >= 15 is 0 Å². The number of hydrogen-bond acceptors (Lipinski definition) is 3. The van der Waals surface area contributed by atoms with Gasteiger partial charge >= 0.3 is 0 Å². The predicted molar refractivity (Wildman–Crippen MR) is 91.3 cm³/mol. The molecular weight excluding hydrogens is 344 g/mol. The molecule has 0 atom stereocenters. The van der Waals surface area contributed by atoms with Crippen LogP contribution in [0.25, 0.3) is 22.3 Å². The lowest BCUT2D eigenvalue weighted by molar-refractivity contribution is 0.315. The van der Waals surface area contributed by atoms with Crippen molar-refractivity contribution in [3.8, 4) is 17.1 Å². The van der Waals surface area contributed by atoms with E-state index in [1.54, 1.807) is 6.07 Å². The van der Waals surface area contributed by atoms with Gasteiger partial charge in [-0.3, -0.25) is 4.79 Å². The van der Waals surface area contributed by atoms with Gasteiger partial charge in [0.1, 0.15) is 11.6 Å². The largest absolute Gasteiger partial charge is 0.492 e. The monoisotopic (exact) mass is 358 g/mol. The van der Waals surface area contributed by atoms with Crippen LogP contribution in [0.5, 0.6) is 5.75 Å². The van der Waals surface area contributed by atoms with E-state index in [9.17, 15) is 4.79 Å². The van der Waals surface area contributed by atoms with Gasteiger partial charge in [-0.1, -0.05) is 19.1 Å². The van der Waals surface area contributed by atoms with Crippen molar-refractivity contribution in [2.24, 2.45) is 0 Å². The maximum atomic E-state index is 12.1. The summed E-state index contributed by atoms with van der Waals surface area (Å²) in [6.07, 6.45) is 0.952. The third kappa shape index (κ3) is 2.90. The van der Waals surface area contributed by atoms with Gasteiger partial charge in [0.15, 0.2) is 0 Å². The Morgan fingerprint density at radius 3 is 2.82 bits per heavy atom. The topological polar surface area (TPSA) is 55.0 Å². The lowest BCUT2D eigenvalue weighted by Gasteiger charge is -2.09. The molecule has 112 valence electrons. The van der Waals surface area contributed by atoms with Crippen molar-refractivity contribution in [2.75, 3.05) is 6.61 Å². The number of fused-ring (bicyclic) bond motifs is 1.